The molecule has 2 aliphatic rings. The van der Waals surface area contributed by atoms with E-state index in [1.165, 1.54) is 5.56 Å². The second-order valence-corrected chi connectivity index (χ2v) is 7.20. The molecule has 3 aromatic rings. The summed E-state index contributed by atoms with van der Waals surface area (Å²) < 4.78 is 10.7. The Morgan fingerprint density at radius 3 is 2.83 bits per heavy atom. The first-order valence-electron chi connectivity index (χ1n) is 9.56. The average molecular weight is 388 g/mol. The van der Waals surface area contributed by atoms with E-state index in [4.69, 9.17) is 9.47 Å². The van der Waals surface area contributed by atoms with Gasteiger partial charge in [0.25, 0.3) is 5.91 Å². The zero-order valence-electron chi connectivity index (χ0n) is 16.0. The summed E-state index contributed by atoms with van der Waals surface area (Å²) in [6.45, 7) is 2.76. The number of carbonyl (C=O) groups excluding carboxylic acids is 1. The van der Waals surface area contributed by atoms with Crippen LogP contribution < -0.4 is 19.7 Å². The van der Waals surface area contributed by atoms with E-state index in [0.29, 0.717) is 18.3 Å². The molecule has 0 fully saturated rings. The zero-order valence-corrected chi connectivity index (χ0v) is 16.0. The number of nitrogens with zero attached hydrogens (tertiary/aromatic N) is 3. The van der Waals surface area contributed by atoms with Crippen molar-refractivity contribution in [3.05, 3.63) is 71.4 Å². The molecule has 0 saturated heterocycles. The molecule has 1 aromatic heterocycles. The van der Waals surface area contributed by atoms with Gasteiger partial charge in [-0.25, -0.2) is 0 Å². The molecule has 3 heterocycles. The van der Waals surface area contributed by atoms with Crippen molar-refractivity contribution < 1.29 is 14.3 Å². The number of hydrogen-bond acceptors (Lipinski definition) is 6. The van der Waals surface area contributed by atoms with E-state index in [9.17, 15) is 4.79 Å². The normalized spacial score (nSPS) is 16.6. The smallest absolute Gasteiger partial charge is 0.272 e. The van der Waals surface area contributed by atoms with Gasteiger partial charge in [-0.3, -0.25) is 4.79 Å². The van der Waals surface area contributed by atoms with Gasteiger partial charge in [-0.2, -0.15) is 0 Å². The maximum atomic E-state index is 12.5. The molecular weight excluding hydrogens is 368 g/mol. The van der Waals surface area contributed by atoms with Crippen LogP contribution in [0.4, 0.5) is 11.5 Å². The first kappa shape index (κ1) is 17.5. The van der Waals surface area contributed by atoms with Gasteiger partial charge >= 0.3 is 0 Å². The molecule has 0 bridgehead atoms. The van der Waals surface area contributed by atoms with E-state index >= 15 is 0 Å². The molecule has 1 amide bonds. The van der Waals surface area contributed by atoms with Gasteiger partial charge in [-0.1, -0.05) is 24.3 Å². The Balaban J connectivity index is 1.27. The largest absolute Gasteiger partial charge is 0.454 e. The maximum Gasteiger partial charge on any atom is 0.272 e. The summed E-state index contributed by atoms with van der Waals surface area (Å²) in [5, 5.41) is 11.3. The molecule has 0 saturated carbocycles. The van der Waals surface area contributed by atoms with E-state index in [-0.39, 0.29) is 18.4 Å². The van der Waals surface area contributed by atoms with Gasteiger partial charge in [0.1, 0.15) is 0 Å². The maximum absolute atomic E-state index is 12.5. The monoisotopic (exact) mass is 388 g/mol. The third kappa shape index (κ3) is 3.24. The number of nitrogens with one attached hydrogen (secondary N) is 1. The number of ether oxygens (including phenoxy) is 2. The molecule has 1 atom stereocenters. The summed E-state index contributed by atoms with van der Waals surface area (Å²) in [4.78, 5) is 14.6. The quantitative estimate of drug-likeness (QED) is 0.740. The Morgan fingerprint density at radius 1 is 1.10 bits per heavy atom. The zero-order chi connectivity index (χ0) is 19.8. The van der Waals surface area contributed by atoms with Gasteiger partial charge in [0.15, 0.2) is 23.0 Å². The lowest BCUT2D eigenvalue weighted by atomic mass is 10.1. The average Bonchev–Trinajstić information content (AvgIpc) is 3.35. The summed E-state index contributed by atoms with van der Waals surface area (Å²) >= 11 is 0. The minimum Gasteiger partial charge on any atom is -0.454 e. The fourth-order valence-electron chi connectivity index (χ4n) is 3.81. The topological polar surface area (TPSA) is 76.6 Å². The Bertz CT molecular complexity index is 1070. The molecule has 0 aliphatic carbocycles. The summed E-state index contributed by atoms with van der Waals surface area (Å²) in [7, 11) is 0. The van der Waals surface area contributed by atoms with Crippen molar-refractivity contribution >= 4 is 17.4 Å². The molecule has 7 nitrogen and oxygen atoms in total. The van der Waals surface area contributed by atoms with Crippen molar-refractivity contribution in [2.45, 2.75) is 25.9 Å². The standard InChI is InChI=1S/C22H20N4O3/c1-14-10-16-4-2-3-5-18(16)26(14)21-9-7-17(24-25-21)22(27)23-12-15-6-8-19-20(11-15)29-13-28-19/h2-9,11,14H,10,12-13H2,1H3,(H,23,27). The van der Waals surface area contributed by atoms with Gasteiger partial charge in [-0.05, 0) is 54.8 Å². The van der Waals surface area contributed by atoms with E-state index in [1.807, 2.05) is 36.4 Å². The van der Waals surface area contributed by atoms with Crippen LogP contribution in [0, 0.1) is 0 Å². The van der Waals surface area contributed by atoms with Gasteiger partial charge < -0.3 is 19.7 Å². The first-order valence-corrected chi connectivity index (χ1v) is 9.56. The Kier molecular flexibility index (Phi) is 4.27. The van der Waals surface area contributed by atoms with E-state index in [0.717, 1.165) is 29.2 Å². The number of anilines is 2. The number of fused-ring (bicyclic) bond motifs is 2. The lowest BCUT2D eigenvalue weighted by Gasteiger charge is -2.23. The summed E-state index contributed by atoms with van der Waals surface area (Å²) in [5.74, 6) is 1.89. The molecule has 2 aromatic carbocycles. The highest BCUT2D eigenvalue weighted by atomic mass is 16.7. The fraction of sp³-hybridized carbons (Fsp3) is 0.227. The Labute approximate surface area is 168 Å². The number of benzene rings is 2. The number of hydrogen-bond donors (Lipinski definition) is 1. The lowest BCUT2D eigenvalue weighted by Crippen LogP contribution is -2.27. The van der Waals surface area contributed by atoms with Crippen LogP contribution in [-0.2, 0) is 13.0 Å². The number of aromatic nitrogens is 2. The van der Waals surface area contributed by atoms with Gasteiger partial charge in [0, 0.05) is 18.3 Å². The Hall–Kier alpha value is -3.61. The van der Waals surface area contributed by atoms with E-state index in [1.54, 1.807) is 6.07 Å². The third-order valence-corrected chi connectivity index (χ3v) is 5.23. The van der Waals surface area contributed by atoms with Crippen LogP contribution in [0.5, 0.6) is 11.5 Å². The Morgan fingerprint density at radius 2 is 1.97 bits per heavy atom. The summed E-state index contributed by atoms with van der Waals surface area (Å²) in [6.07, 6.45) is 0.968. The van der Waals surface area contributed by atoms with Crippen molar-refractivity contribution in [2.75, 3.05) is 11.7 Å². The van der Waals surface area contributed by atoms with Crippen LogP contribution in [-0.4, -0.2) is 28.9 Å². The first-order chi connectivity index (χ1) is 14.2. The van der Waals surface area contributed by atoms with Crippen molar-refractivity contribution in [3.63, 3.8) is 0 Å². The van der Waals surface area contributed by atoms with Crippen LogP contribution in [0.25, 0.3) is 0 Å². The fourth-order valence-corrected chi connectivity index (χ4v) is 3.81. The summed E-state index contributed by atoms with van der Waals surface area (Å²) in [5.41, 5.74) is 3.66. The molecule has 2 aliphatic heterocycles. The van der Waals surface area contributed by atoms with Crippen LogP contribution in [0.2, 0.25) is 0 Å². The minimum atomic E-state index is -0.267. The molecule has 146 valence electrons. The predicted molar refractivity (Wildman–Crippen MR) is 108 cm³/mol. The second-order valence-electron chi connectivity index (χ2n) is 7.20. The molecule has 0 spiro atoms. The molecule has 1 unspecified atom stereocenters. The molecule has 29 heavy (non-hydrogen) atoms. The molecular formula is C22H20N4O3. The van der Waals surface area contributed by atoms with Crippen LogP contribution >= 0.6 is 0 Å². The van der Waals surface area contributed by atoms with Crippen LogP contribution in [0.15, 0.2) is 54.6 Å². The van der Waals surface area contributed by atoms with Crippen molar-refractivity contribution in [1.29, 1.82) is 0 Å². The molecule has 0 radical (unpaired) electrons. The number of carbonyl (C=O) groups is 1. The highest BCUT2D eigenvalue weighted by molar-refractivity contribution is 5.92. The molecule has 7 heteroatoms. The van der Waals surface area contributed by atoms with Gasteiger partial charge in [0.05, 0.1) is 0 Å². The predicted octanol–water partition coefficient (Wildman–Crippen LogP) is 3.22. The highest BCUT2D eigenvalue weighted by Gasteiger charge is 2.28. The number of amides is 1. The van der Waals surface area contributed by atoms with E-state index in [2.05, 4.69) is 39.5 Å². The van der Waals surface area contributed by atoms with E-state index < -0.39 is 0 Å². The van der Waals surface area contributed by atoms with Crippen molar-refractivity contribution in [1.82, 2.24) is 15.5 Å². The third-order valence-electron chi connectivity index (χ3n) is 5.23. The summed E-state index contributed by atoms with van der Waals surface area (Å²) in [6, 6.07) is 17.8. The SMILES string of the molecule is CC1Cc2ccccc2N1c1ccc(C(=O)NCc2ccc3c(c2)OCO3)nn1. The molecule has 1 N–H and O–H groups in total. The van der Waals surface area contributed by atoms with Crippen LogP contribution in [0.3, 0.4) is 0 Å². The van der Waals surface area contributed by atoms with Crippen LogP contribution in [0.1, 0.15) is 28.5 Å². The van der Waals surface area contributed by atoms with Crippen molar-refractivity contribution in [2.24, 2.45) is 0 Å². The van der Waals surface area contributed by atoms with Crippen molar-refractivity contribution in [3.8, 4) is 11.5 Å². The second kappa shape index (κ2) is 7.09. The minimum absolute atomic E-state index is 0.229. The number of para-hydroxylation sites is 1. The number of rotatable bonds is 4. The highest BCUT2D eigenvalue weighted by Crippen LogP contribution is 2.36. The van der Waals surface area contributed by atoms with Gasteiger partial charge in [0.2, 0.25) is 6.79 Å². The lowest BCUT2D eigenvalue weighted by molar-refractivity contribution is 0.0945. The van der Waals surface area contributed by atoms with Gasteiger partial charge in [-0.15, -0.1) is 10.2 Å². The molecule has 5 rings (SSSR count).